The second-order valence-corrected chi connectivity index (χ2v) is 6.96. The molecule has 0 aliphatic heterocycles. The van der Waals surface area contributed by atoms with E-state index in [1.165, 1.54) is 11.3 Å². The van der Waals surface area contributed by atoms with Gasteiger partial charge in [0.05, 0.1) is 17.2 Å². The molecule has 1 amide bonds. The van der Waals surface area contributed by atoms with Crippen molar-refractivity contribution in [3.05, 3.63) is 70.4 Å². The highest BCUT2D eigenvalue weighted by molar-refractivity contribution is 7.15. The number of aromatic nitrogens is 2. The zero-order valence-corrected chi connectivity index (χ0v) is 15.2. The van der Waals surface area contributed by atoms with Crippen molar-refractivity contribution in [3.8, 4) is 6.07 Å². The molecule has 3 aromatic rings. The fourth-order valence-electron chi connectivity index (χ4n) is 2.44. The van der Waals surface area contributed by atoms with Gasteiger partial charge in [0.2, 0.25) is 0 Å². The Morgan fingerprint density at radius 3 is 2.69 bits per heavy atom. The highest BCUT2D eigenvalue weighted by Gasteiger charge is 2.15. The first-order valence-electron chi connectivity index (χ1n) is 7.94. The monoisotopic (exact) mass is 363 g/mol. The van der Waals surface area contributed by atoms with Crippen LogP contribution < -0.4 is 10.2 Å². The van der Waals surface area contributed by atoms with Crippen molar-refractivity contribution in [1.82, 2.24) is 9.97 Å². The number of pyridine rings is 1. The number of nitrogens with one attached hydrogen (secondary N) is 1. The van der Waals surface area contributed by atoms with Crippen LogP contribution in [0.3, 0.4) is 0 Å². The zero-order valence-electron chi connectivity index (χ0n) is 14.4. The Morgan fingerprint density at radius 1 is 1.23 bits per heavy atom. The number of benzene rings is 1. The molecule has 26 heavy (non-hydrogen) atoms. The summed E-state index contributed by atoms with van der Waals surface area (Å²) in [6.45, 7) is 0. The average Bonchev–Trinajstić information content (AvgIpc) is 3.09. The topological polar surface area (TPSA) is 81.9 Å². The first kappa shape index (κ1) is 17.6. The maximum Gasteiger partial charge on any atom is 0.261 e. The van der Waals surface area contributed by atoms with Crippen molar-refractivity contribution in [2.45, 2.75) is 6.42 Å². The Hall–Kier alpha value is -3.24. The number of rotatable bonds is 5. The summed E-state index contributed by atoms with van der Waals surface area (Å²) in [5, 5.41) is 12.2. The van der Waals surface area contributed by atoms with E-state index in [1.807, 2.05) is 26.2 Å². The van der Waals surface area contributed by atoms with E-state index in [2.05, 4.69) is 21.4 Å². The van der Waals surface area contributed by atoms with Gasteiger partial charge in [0, 0.05) is 37.8 Å². The summed E-state index contributed by atoms with van der Waals surface area (Å²) >= 11 is 1.43. The van der Waals surface area contributed by atoms with E-state index >= 15 is 0 Å². The second-order valence-electron chi connectivity index (χ2n) is 5.84. The summed E-state index contributed by atoms with van der Waals surface area (Å²) in [5.41, 5.74) is 2.23. The van der Waals surface area contributed by atoms with Gasteiger partial charge in [-0.05, 0) is 29.8 Å². The third-order valence-electron chi connectivity index (χ3n) is 3.69. The van der Waals surface area contributed by atoms with Crippen molar-refractivity contribution < 1.29 is 4.79 Å². The van der Waals surface area contributed by atoms with E-state index in [9.17, 15) is 4.79 Å². The second kappa shape index (κ2) is 7.76. The minimum absolute atomic E-state index is 0.235. The molecule has 0 bridgehead atoms. The van der Waals surface area contributed by atoms with Crippen LogP contribution >= 0.6 is 11.3 Å². The van der Waals surface area contributed by atoms with E-state index in [1.54, 1.807) is 41.6 Å². The van der Waals surface area contributed by atoms with Crippen LogP contribution in [-0.2, 0) is 6.42 Å². The van der Waals surface area contributed by atoms with E-state index < -0.39 is 0 Å². The van der Waals surface area contributed by atoms with Gasteiger partial charge in [-0.25, -0.2) is 9.97 Å². The molecule has 0 fully saturated rings. The molecule has 0 saturated heterocycles. The minimum Gasteiger partial charge on any atom is -0.362 e. The summed E-state index contributed by atoms with van der Waals surface area (Å²) in [6, 6.07) is 13.0. The third kappa shape index (κ3) is 4.05. The Morgan fingerprint density at radius 2 is 2.00 bits per heavy atom. The number of hydrogen-bond acceptors (Lipinski definition) is 6. The molecule has 2 heterocycles. The van der Waals surface area contributed by atoms with E-state index in [4.69, 9.17) is 5.26 Å². The van der Waals surface area contributed by atoms with Crippen molar-refractivity contribution in [3.63, 3.8) is 0 Å². The lowest BCUT2D eigenvalue weighted by molar-refractivity contribution is 0.102. The average molecular weight is 363 g/mol. The zero-order chi connectivity index (χ0) is 18.5. The molecule has 6 nitrogen and oxygen atoms in total. The number of nitriles is 1. The smallest absolute Gasteiger partial charge is 0.261 e. The fraction of sp³-hybridized carbons (Fsp3) is 0.158. The van der Waals surface area contributed by atoms with Crippen LogP contribution in [0.5, 0.6) is 0 Å². The van der Waals surface area contributed by atoms with Crippen molar-refractivity contribution in [1.29, 1.82) is 5.26 Å². The highest BCUT2D eigenvalue weighted by Crippen LogP contribution is 2.23. The quantitative estimate of drug-likeness (QED) is 0.752. The van der Waals surface area contributed by atoms with Gasteiger partial charge in [-0.1, -0.05) is 12.1 Å². The van der Waals surface area contributed by atoms with E-state index in [-0.39, 0.29) is 5.91 Å². The molecule has 1 aromatic carbocycles. The van der Waals surface area contributed by atoms with Crippen LogP contribution in [-0.4, -0.2) is 30.0 Å². The number of thiazole rings is 1. The Kier molecular flexibility index (Phi) is 5.25. The summed E-state index contributed by atoms with van der Waals surface area (Å²) in [5.74, 6) is 0.375. The molecule has 3 rings (SSSR count). The molecule has 0 spiro atoms. The number of hydrogen-bond donors (Lipinski definition) is 1. The lowest BCUT2D eigenvalue weighted by Gasteiger charge is -2.14. The van der Waals surface area contributed by atoms with Gasteiger partial charge in [0.1, 0.15) is 5.82 Å². The SMILES string of the molecule is CN(C)c1ncccc1C(=O)Nc1ncc(Cc2ccc(C#N)cc2)s1. The van der Waals surface area contributed by atoms with Crippen LogP contribution in [0.25, 0.3) is 0 Å². The largest absolute Gasteiger partial charge is 0.362 e. The van der Waals surface area contributed by atoms with Gasteiger partial charge in [-0.15, -0.1) is 11.3 Å². The summed E-state index contributed by atoms with van der Waals surface area (Å²) in [6.07, 6.45) is 4.12. The Labute approximate surface area is 155 Å². The predicted molar refractivity (Wildman–Crippen MR) is 103 cm³/mol. The highest BCUT2D eigenvalue weighted by atomic mass is 32.1. The summed E-state index contributed by atoms with van der Waals surface area (Å²) < 4.78 is 0. The molecule has 130 valence electrons. The van der Waals surface area contributed by atoms with Gasteiger partial charge in [0.15, 0.2) is 5.13 Å². The molecule has 7 heteroatoms. The number of carbonyl (C=O) groups is 1. The van der Waals surface area contributed by atoms with Crippen LogP contribution in [0.4, 0.5) is 10.9 Å². The summed E-state index contributed by atoms with van der Waals surface area (Å²) in [4.78, 5) is 23.9. The first-order valence-corrected chi connectivity index (χ1v) is 8.76. The maximum atomic E-state index is 12.5. The minimum atomic E-state index is -0.235. The molecule has 2 aromatic heterocycles. The summed E-state index contributed by atoms with van der Waals surface area (Å²) in [7, 11) is 3.69. The lowest BCUT2D eigenvalue weighted by Crippen LogP contribution is -2.19. The lowest BCUT2D eigenvalue weighted by atomic mass is 10.1. The standard InChI is InChI=1S/C19H17N5OS/c1-24(2)17-16(4-3-9-21-17)18(25)23-19-22-12-15(26-19)10-13-5-7-14(11-20)8-6-13/h3-9,12H,10H2,1-2H3,(H,22,23,25). The van der Waals surface area contributed by atoms with Gasteiger partial charge in [-0.3, -0.25) is 10.1 Å². The normalized spacial score (nSPS) is 10.2. The number of anilines is 2. The van der Waals surface area contributed by atoms with Crippen LogP contribution in [0.2, 0.25) is 0 Å². The molecule has 0 saturated carbocycles. The van der Waals surface area contributed by atoms with Gasteiger partial charge >= 0.3 is 0 Å². The first-order chi connectivity index (χ1) is 12.6. The molecule has 0 unspecified atom stereocenters. The Balaban J connectivity index is 1.70. The molecule has 0 aliphatic rings. The fourth-order valence-corrected chi connectivity index (χ4v) is 3.28. The van der Waals surface area contributed by atoms with Crippen LogP contribution in [0, 0.1) is 11.3 Å². The van der Waals surface area contributed by atoms with Crippen LogP contribution in [0.1, 0.15) is 26.4 Å². The van der Waals surface area contributed by atoms with Crippen molar-refractivity contribution >= 4 is 28.2 Å². The number of amides is 1. The molecular formula is C19H17N5OS. The van der Waals surface area contributed by atoms with E-state index in [0.717, 1.165) is 10.4 Å². The Bertz CT molecular complexity index is 957. The predicted octanol–water partition coefficient (Wildman–Crippen LogP) is 3.32. The van der Waals surface area contributed by atoms with Crippen LogP contribution in [0.15, 0.2) is 48.8 Å². The number of nitrogens with zero attached hydrogens (tertiary/aromatic N) is 4. The molecule has 0 radical (unpaired) electrons. The van der Waals surface area contributed by atoms with Gasteiger partial charge in [0.25, 0.3) is 5.91 Å². The molecule has 0 aliphatic carbocycles. The van der Waals surface area contributed by atoms with Crippen molar-refractivity contribution in [2.24, 2.45) is 0 Å². The van der Waals surface area contributed by atoms with E-state index in [0.29, 0.717) is 28.5 Å². The third-order valence-corrected chi connectivity index (χ3v) is 4.60. The van der Waals surface area contributed by atoms with Gasteiger partial charge < -0.3 is 4.90 Å². The number of carbonyl (C=O) groups excluding carboxylic acids is 1. The molecular weight excluding hydrogens is 346 g/mol. The molecule has 0 atom stereocenters. The van der Waals surface area contributed by atoms with Crippen molar-refractivity contribution in [2.75, 3.05) is 24.3 Å². The maximum absolute atomic E-state index is 12.5. The molecule has 1 N–H and O–H groups in total. The van der Waals surface area contributed by atoms with Gasteiger partial charge in [-0.2, -0.15) is 5.26 Å².